The second-order valence-electron chi connectivity index (χ2n) is 4.65. The fourth-order valence-electron chi connectivity index (χ4n) is 1.97. The highest BCUT2D eigenvalue weighted by molar-refractivity contribution is 7.80. The molecule has 1 aromatic carbocycles. The van der Waals surface area contributed by atoms with Crippen molar-refractivity contribution in [3.63, 3.8) is 0 Å². The first-order valence-electron chi connectivity index (χ1n) is 6.19. The van der Waals surface area contributed by atoms with Crippen molar-refractivity contribution in [2.45, 2.75) is 19.8 Å². The number of rotatable bonds is 4. The van der Waals surface area contributed by atoms with Gasteiger partial charge in [-0.25, -0.2) is 0 Å². The van der Waals surface area contributed by atoms with E-state index in [9.17, 15) is 0 Å². The zero-order chi connectivity index (χ0) is 13.8. The molecule has 0 amide bonds. The quantitative estimate of drug-likeness (QED) is 0.834. The molecule has 1 heterocycles. The molecule has 0 spiro atoms. The van der Waals surface area contributed by atoms with E-state index < -0.39 is 0 Å². The predicted molar refractivity (Wildman–Crippen MR) is 83.9 cm³/mol. The predicted octanol–water partition coefficient (Wildman–Crippen LogP) is 3.58. The minimum Gasteiger partial charge on any atom is -0.389 e. The maximum absolute atomic E-state index is 5.73. The van der Waals surface area contributed by atoms with Crippen molar-refractivity contribution < 1.29 is 0 Å². The van der Waals surface area contributed by atoms with Crippen molar-refractivity contribution in [3.8, 4) is 0 Å². The van der Waals surface area contributed by atoms with Crippen LogP contribution in [0.1, 0.15) is 30.9 Å². The van der Waals surface area contributed by atoms with Gasteiger partial charge < -0.3 is 11.1 Å². The Morgan fingerprint density at radius 1 is 1.21 bits per heavy atom. The molecule has 3 nitrogen and oxygen atoms in total. The van der Waals surface area contributed by atoms with Crippen LogP contribution in [0.15, 0.2) is 42.7 Å². The lowest BCUT2D eigenvalue weighted by Gasteiger charge is -2.16. The third-order valence-electron chi connectivity index (χ3n) is 2.94. The van der Waals surface area contributed by atoms with E-state index >= 15 is 0 Å². The van der Waals surface area contributed by atoms with Gasteiger partial charge in [0.25, 0.3) is 0 Å². The fourth-order valence-corrected chi connectivity index (χ4v) is 2.15. The van der Waals surface area contributed by atoms with Gasteiger partial charge in [-0.15, -0.1) is 0 Å². The minimum absolute atomic E-state index is 0.368. The summed E-state index contributed by atoms with van der Waals surface area (Å²) in [5.41, 5.74) is 9.68. The molecule has 0 fully saturated rings. The van der Waals surface area contributed by atoms with Gasteiger partial charge in [-0.2, -0.15) is 0 Å². The zero-order valence-corrected chi connectivity index (χ0v) is 11.9. The Balaban J connectivity index is 2.39. The van der Waals surface area contributed by atoms with Crippen LogP contribution in [0.2, 0.25) is 0 Å². The third kappa shape index (κ3) is 3.09. The fraction of sp³-hybridized carbons (Fsp3) is 0.200. The van der Waals surface area contributed by atoms with Gasteiger partial charge in [-0.3, -0.25) is 4.98 Å². The molecule has 0 aliphatic heterocycles. The van der Waals surface area contributed by atoms with Crippen molar-refractivity contribution in [2.75, 3.05) is 5.32 Å². The lowest BCUT2D eigenvalue weighted by Crippen LogP contribution is -2.12. The number of hydrogen-bond acceptors (Lipinski definition) is 3. The molecule has 1 aromatic heterocycles. The molecule has 0 atom stereocenters. The summed E-state index contributed by atoms with van der Waals surface area (Å²) in [4.78, 5) is 4.49. The van der Waals surface area contributed by atoms with Crippen LogP contribution < -0.4 is 11.1 Å². The van der Waals surface area contributed by atoms with Gasteiger partial charge in [0.05, 0.1) is 11.9 Å². The maximum Gasteiger partial charge on any atom is 0.106 e. The van der Waals surface area contributed by atoms with E-state index in [0.717, 1.165) is 16.9 Å². The molecule has 2 rings (SSSR count). The number of aromatic nitrogens is 1. The highest BCUT2D eigenvalue weighted by Gasteiger charge is 2.09. The Morgan fingerprint density at radius 2 is 1.95 bits per heavy atom. The average Bonchev–Trinajstić information content (AvgIpc) is 2.39. The summed E-state index contributed by atoms with van der Waals surface area (Å²) in [6.07, 6.45) is 3.43. The van der Waals surface area contributed by atoms with Gasteiger partial charge in [-0.05, 0) is 23.6 Å². The number of nitrogens with two attached hydrogens (primary N) is 1. The van der Waals surface area contributed by atoms with E-state index in [0.29, 0.717) is 10.9 Å². The summed E-state index contributed by atoms with van der Waals surface area (Å²) in [5, 5.41) is 3.37. The molecule has 19 heavy (non-hydrogen) atoms. The average molecular weight is 271 g/mol. The summed E-state index contributed by atoms with van der Waals surface area (Å²) in [6.45, 7) is 4.33. The molecule has 98 valence electrons. The number of nitrogens with zero attached hydrogens (tertiary/aromatic N) is 1. The molecule has 0 radical (unpaired) electrons. The van der Waals surface area contributed by atoms with E-state index in [1.807, 2.05) is 24.3 Å². The second-order valence-corrected chi connectivity index (χ2v) is 5.09. The van der Waals surface area contributed by atoms with Gasteiger partial charge in [0.2, 0.25) is 0 Å². The Labute approximate surface area is 118 Å². The van der Waals surface area contributed by atoms with Crippen molar-refractivity contribution in [1.82, 2.24) is 4.98 Å². The van der Waals surface area contributed by atoms with Crippen LogP contribution in [0.3, 0.4) is 0 Å². The van der Waals surface area contributed by atoms with Crippen LogP contribution >= 0.6 is 12.2 Å². The van der Waals surface area contributed by atoms with E-state index in [1.165, 1.54) is 5.56 Å². The Bertz CT molecular complexity index is 593. The minimum atomic E-state index is 0.368. The van der Waals surface area contributed by atoms with Crippen LogP contribution in [0.4, 0.5) is 11.4 Å². The number of benzene rings is 1. The van der Waals surface area contributed by atoms with Gasteiger partial charge in [0.1, 0.15) is 4.99 Å². The van der Waals surface area contributed by atoms with Gasteiger partial charge in [0.15, 0.2) is 0 Å². The van der Waals surface area contributed by atoms with Crippen molar-refractivity contribution in [2.24, 2.45) is 5.73 Å². The molecule has 0 unspecified atom stereocenters. The van der Waals surface area contributed by atoms with Gasteiger partial charge >= 0.3 is 0 Å². The van der Waals surface area contributed by atoms with Crippen molar-refractivity contribution >= 4 is 28.6 Å². The standard InChI is InChI=1S/C15H17N3S/c1-10(2)11-5-3-4-6-13(11)18-14-9-17-8-7-12(14)15(16)19/h3-10,18H,1-2H3,(H2,16,19). The van der Waals surface area contributed by atoms with Crippen LogP contribution in [-0.4, -0.2) is 9.97 Å². The Hall–Kier alpha value is -1.94. The Morgan fingerprint density at radius 3 is 2.63 bits per heavy atom. The van der Waals surface area contributed by atoms with Crippen molar-refractivity contribution in [1.29, 1.82) is 0 Å². The topological polar surface area (TPSA) is 50.9 Å². The van der Waals surface area contributed by atoms with Crippen molar-refractivity contribution in [3.05, 3.63) is 53.9 Å². The molecule has 3 N–H and O–H groups in total. The lowest BCUT2D eigenvalue weighted by molar-refractivity contribution is 0.869. The number of nitrogens with one attached hydrogen (secondary N) is 1. The first-order valence-corrected chi connectivity index (χ1v) is 6.60. The molecular weight excluding hydrogens is 254 g/mol. The molecule has 4 heteroatoms. The first-order chi connectivity index (χ1) is 9.09. The second kappa shape index (κ2) is 5.80. The van der Waals surface area contributed by atoms with E-state index in [1.54, 1.807) is 12.4 Å². The van der Waals surface area contributed by atoms with E-state index in [2.05, 4.69) is 30.2 Å². The molecular formula is C15H17N3S. The largest absolute Gasteiger partial charge is 0.389 e. The summed E-state index contributed by atoms with van der Waals surface area (Å²) >= 11 is 5.06. The third-order valence-corrected chi connectivity index (χ3v) is 3.16. The summed E-state index contributed by atoms with van der Waals surface area (Å²) in [6, 6.07) is 10.0. The van der Waals surface area contributed by atoms with Crippen LogP contribution in [0, 0.1) is 0 Å². The normalized spacial score (nSPS) is 10.5. The smallest absolute Gasteiger partial charge is 0.106 e. The monoisotopic (exact) mass is 271 g/mol. The van der Waals surface area contributed by atoms with Gasteiger partial charge in [-0.1, -0.05) is 44.3 Å². The molecule has 0 saturated carbocycles. The molecule has 0 saturated heterocycles. The molecule has 0 aliphatic rings. The van der Waals surface area contributed by atoms with Crippen LogP contribution in [0.5, 0.6) is 0 Å². The molecule has 2 aromatic rings. The number of hydrogen-bond donors (Lipinski definition) is 2. The first kappa shape index (κ1) is 13.5. The number of para-hydroxylation sites is 1. The number of anilines is 2. The summed E-state index contributed by atoms with van der Waals surface area (Å²) in [5.74, 6) is 0.439. The maximum atomic E-state index is 5.73. The SMILES string of the molecule is CC(C)c1ccccc1Nc1cnccc1C(N)=S. The molecule has 0 bridgehead atoms. The highest BCUT2D eigenvalue weighted by atomic mass is 32.1. The lowest BCUT2D eigenvalue weighted by atomic mass is 10.0. The molecule has 0 aliphatic carbocycles. The highest BCUT2D eigenvalue weighted by Crippen LogP contribution is 2.27. The number of thiocarbonyl (C=S) groups is 1. The van der Waals surface area contributed by atoms with Gasteiger partial charge in [0, 0.05) is 17.4 Å². The van der Waals surface area contributed by atoms with E-state index in [4.69, 9.17) is 18.0 Å². The van der Waals surface area contributed by atoms with Crippen LogP contribution in [0.25, 0.3) is 0 Å². The summed E-state index contributed by atoms with van der Waals surface area (Å²) < 4.78 is 0. The Kier molecular flexibility index (Phi) is 4.12. The summed E-state index contributed by atoms with van der Waals surface area (Å²) in [7, 11) is 0. The zero-order valence-electron chi connectivity index (χ0n) is 11.1. The number of pyridine rings is 1. The van der Waals surface area contributed by atoms with E-state index in [-0.39, 0.29) is 0 Å². The van der Waals surface area contributed by atoms with Crippen LogP contribution in [-0.2, 0) is 0 Å².